The van der Waals surface area contributed by atoms with Crippen LogP contribution in [0.15, 0.2) is 351 Å². The van der Waals surface area contributed by atoms with Gasteiger partial charge in [-0.25, -0.2) is 0 Å². The lowest BCUT2D eigenvalue weighted by molar-refractivity contribution is 1.27. The molecule has 0 amide bonds. The molecule has 14 aromatic carbocycles. The second-order valence-electron chi connectivity index (χ2n) is 23.5. The van der Waals surface area contributed by atoms with Crippen LogP contribution in [0.3, 0.4) is 0 Å². The molecule has 0 aromatic heterocycles. The molecule has 0 aliphatic carbocycles. The average Bonchev–Trinajstić information content (AvgIpc) is 0.748. The van der Waals surface area contributed by atoms with Crippen LogP contribution in [0.25, 0.3) is 44.5 Å². The first-order chi connectivity index (χ1) is 56.2. The molecule has 0 atom stereocenters. The van der Waals surface area contributed by atoms with E-state index in [2.05, 4.69) is 91.5 Å². The number of aryl methyl sites for hydroxylation is 6. The molecule has 0 unspecified atom stereocenters. The first kappa shape index (κ1) is 47.6. The molecule has 0 N–H and O–H groups in total. The fourth-order valence-corrected chi connectivity index (χ4v) is 10.5. The van der Waals surface area contributed by atoms with Crippen molar-refractivity contribution in [2.75, 3.05) is 9.80 Å². The predicted octanol–water partition coefficient (Wildman–Crippen LogP) is 27.4. The van der Waals surface area contributed by atoms with E-state index in [1.54, 1.807) is 41.3 Å². The Kier molecular flexibility index (Phi) is 17.5. The smallest absolute Gasteiger partial charge is 0.0645 e. The summed E-state index contributed by atoms with van der Waals surface area (Å²) in [7, 11) is 0. The molecule has 0 saturated heterocycles. The molecular formula is C96H94N2. The second kappa shape index (κ2) is 36.0. The van der Waals surface area contributed by atoms with E-state index in [4.69, 9.17) is 28.8 Å². The van der Waals surface area contributed by atoms with Crippen molar-refractivity contribution in [2.45, 2.75) is 83.1 Å². The van der Waals surface area contributed by atoms with Crippen LogP contribution in [0.5, 0.6) is 0 Å². The fraction of sp³-hybridized carbons (Fsp3) is 0.125. The number of para-hydroxylation sites is 2. The van der Waals surface area contributed by atoms with Crippen molar-refractivity contribution in [3.63, 3.8) is 0 Å². The van der Waals surface area contributed by atoms with E-state index in [0.717, 1.165) is 89.3 Å². The van der Waals surface area contributed by atoms with E-state index in [9.17, 15) is 0 Å². The van der Waals surface area contributed by atoms with E-state index in [0.29, 0.717) is 36.3 Å². The molecule has 14 rings (SSSR count). The Bertz CT molecular complexity index is 5610. The zero-order valence-electron chi connectivity index (χ0n) is 78.8. The van der Waals surface area contributed by atoms with Crippen LogP contribution in [-0.2, 0) is 0 Å². The number of benzene rings is 14. The van der Waals surface area contributed by atoms with E-state index < -0.39 is 18.1 Å². The van der Waals surface area contributed by atoms with Crippen molar-refractivity contribution in [3.05, 3.63) is 418 Å². The Hall–Kier alpha value is -11.3. The summed E-state index contributed by atoms with van der Waals surface area (Å²) >= 11 is 0. The zero-order valence-corrected chi connectivity index (χ0v) is 57.8. The highest BCUT2D eigenvalue weighted by Crippen LogP contribution is 2.37. The van der Waals surface area contributed by atoms with Crippen molar-refractivity contribution in [2.24, 2.45) is 0 Å². The third kappa shape index (κ3) is 19.9. The molecule has 0 saturated carbocycles. The van der Waals surface area contributed by atoms with Crippen LogP contribution in [0.4, 0.5) is 34.1 Å². The lowest BCUT2D eigenvalue weighted by Gasteiger charge is -2.25. The summed E-state index contributed by atoms with van der Waals surface area (Å²) in [5, 5.41) is 0. The molecule has 2 nitrogen and oxygen atoms in total. The third-order valence-corrected chi connectivity index (χ3v) is 16.1. The predicted molar refractivity (Wildman–Crippen MR) is 427 cm³/mol. The first-order valence-electron chi connectivity index (χ1n) is 42.8. The maximum atomic E-state index is 8.33. The lowest BCUT2D eigenvalue weighted by Crippen LogP contribution is -2.09. The highest BCUT2D eigenvalue weighted by atomic mass is 15.1. The summed E-state index contributed by atoms with van der Waals surface area (Å²) in [5.74, 6) is 0. The Labute approximate surface area is 616 Å². The topological polar surface area (TPSA) is 6.48 Å². The quantitative estimate of drug-likeness (QED) is 0.135. The summed E-state index contributed by atoms with van der Waals surface area (Å²) in [5.41, 5.74) is 22.2. The zero-order chi connectivity index (χ0) is 87.5. The van der Waals surface area contributed by atoms with Gasteiger partial charge >= 0.3 is 0 Å². The molecule has 0 bridgehead atoms. The van der Waals surface area contributed by atoms with E-state index in [-0.39, 0.29) is 100 Å². The molecule has 0 heterocycles. The van der Waals surface area contributed by atoms with Gasteiger partial charge in [-0.1, -0.05) is 301 Å². The lowest BCUT2D eigenvalue weighted by atomic mass is 9.97. The van der Waals surface area contributed by atoms with Crippen molar-refractivity contribution in [1.29, 1.82) is 0 Å². The van der Waals surface area contributed by atoms with Crippen LogP contribution in [-0.4, -0.2) is 0 Å². The Morgan fingerprint density at radius 3 is 0.796 bits per heavy atom. The second-order valence-corrected chi connectivity index (χ2v) is 23.5. The highest BCUT2D eigenvalue weighted by Gasteiger charge is 2.14. The molecule has 488 valence electrons. The molecule has 0 radical (unpaired) electrons. The molecule has 0 aliphatic heterocycles. The van der Waals surface area contributed by atoms with Crippen molar-refractivity contribution in [1.82, 2.24) is 0 Å². The minimum Gasteiger partial charge on any atom is -0.311 e. The van der Waals surface area contributed by atoms with Gasteiger partial charge in [0.15, 0.2) is 0 Å². The van der Waals surface area contributed by atoms with Gasteiger partial charge in [-0.15, -0.1) is 0 Å². The van der Waals surface area contributed by atoms with Crippen LogP contribution in [0.2, 0.25) is 0 Å². The van der Waals surface area contributed by atoms with Crippen molar-refractivity contribution in [3.8, 4) is 44.5 Å². The average molecular weight is 1300 g/mol. The Morgan fingerprint density at radius 2 is 0.429 bits per heavy atom. The monoisotopic (exact) mass is 1300 g/mol. The van der Waals surface area contributed by atoms with Crippen molar-refractivity contribution >= 4 is 34.1 Å². The van der Waals surface area contributed by atoms with E-state index >= 15 is 0 Å². The third-order valence-electron chi connectivity index (χ3n) is 16.1. The van der Waals surface area contributed by atoms with Gasteiger partial charge in [-0.3, -0.25) is 0 Å². The number of hydrogen-bond donors (Lipinski definition) is 0. The Balaban J connectivity index is 0.000000164. The summed E-state index contributed by atoms with van der Waals surface area (Å²) in [6.45, 7) is 22.9. The molecule has 0 fully saturated rings. The molecule has 98 heavy (non-hydrogen) atoms. The maximum absolute atomic E-state index is 8.33. The largest absolute Gasteiger partial charge is 0.311 e. The van der Waals surface area contributed by atoms with Crippen LogP contribution < -0.4 is 9.80 Å². The molecule has 0 spiro atoms. The minimum atomic E-state index is -0.419. The number of hydrogen-bond acceptors (Lipinski definition) is 2. The molecule has 0 aliphatic rings. The number of rotatable bonds is 10. The summed E-state index contributed by atoms with van der Waals surface area (Å²) in [6, 6.07) is 71.2. The van der Waals surface area contributed by atoms with E-state index in [1.165, 1.54) is 54.2 Å². The number of nitrogens with zero attached hydrogens (tertiary/aromatic N) is 2. The van der Waals surface area contributed by atoms with Gasteiger partial charge in [0.2, 0.25) is 0 Å². The normalized spacial score (nSPS) is 13.2. The van der Waals surface area contributed by atoms with E-state index in [1.807, 2.05) is 159 Å². The molecule has 14 aromatic rings. The van der Waals surface area contributed by atoms with Crippen molar-refractivity contribution < 1.29 is 28.8 Å². The van der Waals surface area contributed by atoms with Gasteiger partial charge in [-0.05, 0) is 245 Å². The molecular weight excluding hydrogens is 1180 g/mol. The maximum Gasteiger partial charge on any atom is 0.0645 e. The van der Waals surface area contributed by atoms with Gasteiger partial charge in [0.05, 0.1) is 28.8 Å². The minimum absolute atomic E-state index is 0.121. The summed E-state index contributed by atoms with van der Waals surface area (Å²) in [6.07, 6.45) is 0. The number of anilines is 6. The summed E-state index contributed by atoms with van der Waals surface area (Å²) < 4.78 is 165. The van der Waals surface area contributed by atoms with Gasteiger partial charge in [0.1, 0.15) is 0 Å². The SMILES string of the molecule is Cc1ccc(N(c2ccccc2)c2ccc(C)cc2)cc1.[2H]c1c([2H])c([2H])c(-c2c([2H])c([2H])c([2H])c([2H])c2C)c(C)c1[2H].[2H]c1c([2H])c([2H])c(N(c2ccc(C)cc2)c2ccc(C)cc2)c([2H])c1[2H].[2H]c1cc([2H])c(C)c(-c2cc([2H])cc([2H])c2C)c1.[2H]c1ccc(C)c(-c2cc([2H])ccc2C)c1.[2H]c1cccc(-c2cccc([2H])c2C)c1C. The first-order valence-corrected chi connectivity index (χ1v) is 32.3. The molecule has 2 heteroatoms. The van der Waals surface area contributed by atoms with Crippen LogP contribution >= 0.6 is 0 Å². The standard InChI is InChI=1S/2C20H19N.4C14H14/c2*1-16-8-12-19(13-9-16)21(18-6-4-3-5-7-18)20-14-10-17(2)11-15-20;4*1-11-7-3-5-9-13(11)14-10-6-4-8-12(14)2/h2*3-15H,1-2H3;4*3-10H,1-2H3/i3D,4D,5D,6D,7D;;3D,4D,5D,6D,7D,8D,9D,10D;5D,6D,7D,8D;7D,8D;5D,6D. The Morgan fingerprint density at radius 1 is 0.163 bits per heavy atom. The van der Waals surface area contributed by atoms with Crippen LogP contribution in [0, 0.1) is 83.1 Å². The highest BCUT2D eigenvalue weighted by molar-refractivity contribution is 5.79. The van der Waals surface area contributed by atoms with Gasteiger partial charge in [0.25, 0.3) is 0 Å². The van der Waals surface area contributed by atoms with Gasteiger partial charge < -0.3 is 9.80 Å². The van der Waals surface area contributed by atoms with Gasteiger partial charge in [0, 0.05) is 34.1 Å². The van der Waals surface area contributed by atoms with Crippen LogP contribution in [0.1, 0.15) is 95.5 Å². The van der Waals surface area contributed by atoms with Gasteiger partial charge in [-0.2, -0.15) is 0 Å². The summed E-state index contributed by atoms with van der Waals surface area (Å²) in [4.78, 5) is 3.98. The fourth-order valence-electron chi connectivity index (χ4n) is 10.5.